The quantitative estimate of drug-likeness (QED) is 0.0721. The molecule has 6 rings (SSSR count). The third-order valence-electron chi connectivity index (χ3n) is 10.1. The van der Waals surface area contributed by atoms with E-state index in [9.17, 15) is 9.59 Å². The van der Waals surface area contributed by atoms with E-state index in [0.29, 0.717) is 38.5 Å². The van der Waals surface area contributed by atoms with Gasteiger partial charge in [-0.1, -0.05) is 42.7 Å². The zero-order chi connectivity index (χ0) is 36.7. The lowest BCUT2D eigenvalue weighted by atomic mass is 9.95. The predicted molar refractivity (Wildman–Crippen MR) is 210 cm³/mol. The van der Waals surface area contributed by atoms with Crippen LogP contribution in [0.15, 0.2) is 48.0 Å². The van der Waals surface area contributed by atoms with E-state index in [1.165, 1.54) is 32.1 Å². The molecule has 0 unspecified atom stereocenters. The third kappa shape index (κ3) is 12.2. The summed E-state index contributed by atoms with van der Waals surface area (Å²) < 4.78 is 1.90. The second kappa shape index (κ2) is 20.3. The first-order valence-corrected chi connectivity index (χ1v) is 20.3. The molecule has 4 heterocycles. The predicted octanol–water partition coefficient (Wildman–Crippen LogP) is 4.01. The summed E-state index contributed by atoms with van der Waals surface area (Å²) in [6, 6.07) is 12.1. The zero-order valence-electron chi connectivity index (χ0n) is 30.8. The molecule has 286 valence electrons. The first-order chi connectivity index (χ1) is 26.0. The first kappa shape index (κ1) is 38.5. The monoisotopic (exact) mass is 744 g/mol. The number of nitrogens with one attached hydrogen (secondary N) is 5. The Morgan fingerprint density at radius 2 is 1.75 bits per heavy atom. The van der Waals surface area contributed by atoms with Gasteiger partial charge >= 0.3 is 0 Å². The Labute approximate surface area is 316 Å². The summed E-state index contributed by atoms with van der Waals surface area (Å²) in [6.45, 7) is 6.08. The number of aromatic nitrogens is 5. The van der Waals surface area contributed by atoms with E-state index in [1.54, 1.807) is 11.3 Å². The molecule has 2 aliphatic rings. The highest BCUT2D eigenvalue weighted by molar-refractivity contribution is 7.09. The van der Waals surface area contributed by atoms with Crippen LogP contribution in [0.1, 0.15) is 81.2 Å². The van der Waals surface area contributed by atoms with Gasteiger partial charge in [-0.05, 0) is 88.2 Å². The number of para-hydroxylation sites is 1. The Hall–Kier alpha value is -4.18. The largest absolute Gasteiger partial charge is 0.367 e. The number of nitrogens with two attached hydrogens (primary N) is 1. The van der Waals surface area contributed by atoms with Crippen molar-refractivity contribution in [3.8, 4) is 0 Å². The average molecular weight is 745 g/mol. The second-order valence-electron chi connectivity index (χ2n) is 14.2. The molecule has 1 aliphatic carbocycles. The summed E-state index contributed by atoms with van der Waals surface area (Å²) >= 11 is 1.58. The van der Waals surface area contributed by atoms with Crippen molar-refractivity contribution < 1.29 is 9.59 Å². The summed E-state index contributed by atoms with van der Waals surface area (Å²) in [5, 5.41) is 28.7. The van der Waals surface area contributed by atoms with Gasteiger partial charge in [-0.15, -0.1) is 16.4 Å². The number of likely N-dealkylation sites (tertiary alicyclic amines) is 1. The molecule has 3 aromatic heterocycles. The molecule has 0 radical (unpaired) electrons. The number of fused-ring (bicyclic) bond motifs is 1. The number of piperidine rings is 1. The zero-order valence-corrected chi connectivity index (χ0v) is 31.6. The molecule has 2 amide bonds. The third-order valence-corrected chi connectivity index (χ3v) is 11.0. The normalized spacial score (nSPS) is 16.1. The van der Waals surface area contributed by atoms with Gasteiger partial charge in [0.2, 0.25) is 17.8 Å². The van der Waals surface area contributed by atoms with Gasteiger partial charge in [0.25, 0.3) is 0 Å². The van der Waals surface area contributed by atoms with Crippen LogP contribution in [0.5, 0.6) is 0 Å². The molecule has 14 nitrogen and oxygen atoms in total. The van der Waals surface area contributed by atoms with Gasteiger partial charge in [0.1, 0.15) is 11.5 Å². The fourth-order valence-electron chi connectivity index (χ4n) is 7.03. The van der Waals surface area contributed by atoms with Gasteiger partial charge in [-0.25, -0.2) is 4.98 Å². The molecular weight excluding hydrogens is 689 g/mol. The summed E-state index contributed by atoms with van der Waals surface area (Å²) in [4.78, 5) is 37.9. The van der Waals surface area contributed by atoms with Gasteiger partial charge in [0.05, 0.1) is 30.8 Å². The molecule has 1 saturated carbocycles. The van der Waals surface area contributed by atoms with Crippen LogP contribution in [0.2, 0.25) is 0 Å². The lowest BCUT2D eigenvalue weighted by Crippen LogP contribution is -2.44. The van der Waals surface area contributed by atoms with Crippen molar-refractivity contribution in [3.05, 3.63) is 58.5 Å². The highest BCUT2D eigenvalue weighted by Gasteiger charge is 2.25. The lowest BCUT2D eigenvalue weighted by Gasteiger charge is -2.33. The number of thiophene rings is 1. The number of carbonyl (C=O) groups is 2. The highest BCUT2D eigenvalue weighted by atomic mass is 32.1. The van der Waals surface area contributed by atoms with E-state index in [1.807, 2.05) is 57.6 Å². The number of anilines is 2. The van der Waals surface area contributed by atoms with Crippen molar-refractivity contribution in [1.82, 2.24) is 45.8 Å². The van der Waals surface area contributed by atoms with E-state index in [2.05, 4.69) is 36.9 Å². The lowest BCUT2D eigenvalue weighted by molar-refractivity contribution is -0.132. The first-order valence-electron chi connectivity index (χ1n) is 19.4. The Bertz CT molecular complexity index is 1700. The number of hydrogen-bond donors (Lipinski definition) is 6. The summed E-state index contributed by atoms with van der Waals surface area (Å²) in [7, 11) is 0. The number of benzene rings is 1. The minimum Gasteiger partial charge on any atom is -0.367 e. The van der Waals surface area contributed by atoms with Gasteiger partial charge in [-0.3, -0.25) is 14.3 Å². The number of carbonyl (C=O) groups excluding carboxylic acids is 2. The number of amides is 2. The van der Waals surface area contributed by atoms with E-state index < -0.39 is 6.04 Å². The second-order valence-corrected chi connectivity index (χ2v) is 15.3. The van der Waals surface area contributed by atoms with Crippen LogP contribution in [-0.2, 0) is 29.2 Å². The smallest absolute Gasteiger partial charge is 0.237 e. The standard InChI is InChI=1S/C38H56N12O2S/c39-33(37(52)42-26-31-11-6-24-53-31)14-15-35(51)49-22-16-29(17-23-49)44-36-32-12-4-5-13-34(32)45-38(46-36)43-25-30-27-50(48-47-30)21-8-19-40-18-7-20-41-28-9-2-1-3-10-28/h4-6,11-13,24,27-29,33,40-41H,1-3,7-10,14-23,25-26,39H2,(H,42,52)(H2,43,44,45,46)/t33-/m0/s1. The van der Waals surface area contributed by atoms with Gasteiger partial charge in [0, 0.05) is 48.4 Å². The molecule has 4 aromatic rings. The maximum Gasteiger partial charge on any atom is 0.237 e. The molecule has 1 aliphatic heterocycles. The summed E-state index contributed by atoms with van der Waals surface area (Å²) in [5.74, 6) is 1.09. The number of rotatable bonds is 20. The summed E-state index contributed by atoms with van der Waals surface area (Å²) in [6.07, 6.45) is 13.1. The van der Waals surface area contributed by atoms with Gasteiger partial charge in [0.15, 0.2) is 0 Å². The molecule has 0 bridgehead atoms. The van der Waals surface area contributed by atoms with Crippen molar-refractivity contribution >= 4 is 45.8 Å². The SMILES string of the molecule is N[C@@H](CCC(=O)N1CCC(Nc2nc(NCc3cn(CCCNCCCNC4CCCCC4)nn3)nc3ccccc23)CC1)C(=O)NCc1cccs1. The van der Waals surface area contributed by atoms with E-state index in [4.69, 9.17) is 15.7 Å². The van der Waals surface area contributed by atoms with E-state index in [-0.39, 0.29) is 24.3 Å². The molecule has 7 N–H and O–H groups in total. The minimum absolute atomic E-state index is 0.0329. The van der Waals surface area contributed by atoms with E-state index >= 15 is 0 Å². The fourth-order valence-corrected chi connectivity index (χ4v) is 7.68. The maximum atomic E-state index is 13.0. The Morgan fingerprint density at radius 1 is 0.925 bits per heavy atom. The molecule has 1 saturated heterocycles. The molecule has 53 heavy (non-hydrogen) atoms. The number of hydrogen-bond acceptors (Lipinski definition) is 12. The van der Waals surface area contributed by atoms with Crippen LogP contribution in [0.4, 0.5) is 11.8 Å². The fraction of sp³-hybridized carbons (Fsp3) is 0.579. The Kier molecular flexibility index (Phi) is 14.8. The Morgan fingerprint density at radius 3 is 2.58 bits per heavy atom. The van der Waals surface area contributed by atoms with Crippen LogP contribution in [0.3, 0.4) is 0 Å². The van der Waals surface area contributed by atoms with Crippen molar-refractivity contribution in [2.45, 2.75) is 108 Å². The summed E-state index contributed by atoms with van der Waals surface area (Å²) in [5.41, 5.74) is 7.76. The number of aryl methyl sites for hydroxylation is 1. The van der Waals surface area contributed by atoms with E-state index in [0.717, 1.165) is 85.2 Å². The molecule has 0 spiro atoms. The van der Waals surface area contributed by atoms with Crippen LogP contribution in [0, 0.1) is 0 Å². The minimum atomic E-state index is -0.709. The van der Waals surface area contributed by atoms with Gasteiger partial charge < -0.3 is 37.2 Å². The van der Waals surface area contributed by atoms with Crippen molar-refractivity contribution in [1.29, 1.82) is 0 Å². The Balaban J connectivity index is 0.898. The van der Waals surface area contributed by atoms with Crippen LogP contribution < -0.4 is 32.3 Å². The van der Waals surface area contributed by atoms with Crippen molar-refractivity contribution in [2.75, 3.05) is 43.4 Å². The highest BCUT2D eigenvalue weighted by Crippen LogP contribution is 2.25. The average Bonchev–Trinajstić information content (AvgIpc) is 3.89. The molecular formula is C38H56N12O2S. The molecule has 1 aromatic carbocycles. The molecule has 2 fully saturated rings. The molecule has 1 atom stereocenters. The topological polar surface area (TPSA) is 180 Å². The van der Waals surface area contributed by atoms with Crippen LogP contribution in [-0.4, -0.2) is 92.5 Å². The van der Waals surface area contributed by atoms with Crippen LogP contribution >= 0.6 is 11.3 Å². The molecule has 15 heteroatoms. The number of nitrogens with zero attached hydrogens (tertiary/aromatic N) is 6. The maximum absolute atomic E-state index is 13.0. The van der Waals surface area contributed by atoms with Crippen molar-refractivity contribution in [2.24, 2.45) is 5.73 Å². The van der Waals surface area contributed by atoms with Crippen LogP contribution in [0.25, 0.3) is 10.9 Å². The van der Waals surface area contributed by atoms with Gasteiger partial charge in [-0.2, -0.15) is 4.98 Å². The van der Waals surface area contributed by atoms with Crippen molar-refractivity contribution in [3.63, 3.8) is 0 Å².